The molecule has 0 radical (unpaired) electrons. The van der Waals surface area contributed by atoms with E-state index in [9.17, 15) is 14.7 Å². The number of carbonyl (C=O) groups excluding carboxylic acids is 2. The highest BCUT2D eigenvalue weighted by atomic mass is 79.9. The molecule has 1 aliphatic rings. The van der Waals surface area contributed by atoms with Crippen molar-refractivity contribution in [1.82, 2.24) is 0 Å². The Balaban J connectivity index is 1.62. The number of anilines is 1. The average molecular weight is 489 g/mol. The van der Waals surface area contributed by atoms with Crippen LogP contribution in [0.1, 0.15) is 27.9 Å². The summed E-state index contributed by atoms with van der Waals surface area (Å²) in [5.74, 6) is -1.76. The number of Topliss-reactive ketones (excluding diaryl/α,β-unsaturated/α-hetero) is 1. The van der Waals surface area contributed by atoms with Gasteiger partial charge in [0.25, 0.3) is 5.91 Å². The van der Waals surface area contributed by atoms with Gasteiger partial charge in [0, 0.05) is 15.5 Å². The number of carbonyl (C=O) groups is 2. The van der Waals surface area contributed by atoms with Gasteiger partial charge < -0.3 is 13.9 Å². The summed E-state index contributed by atoms with van der Waals surface area (Å²) in [6, 6.07) is 17.4. The minimum Gasteiger partial charge on any atom is -0.503 e. The number of fused-ring (bicyclic) bond motifs is 1. The van der Waals surface area contributed by atoms with E-state index < -0.39 is 23.5 Å². The first-order chi connectivity index (χ1) is 15.5. The lowest BCUT2D eigenvalue weighted by Crippen LogP contribution is -2.30. The molecule has 1 atom stereocenters. The molecule has 32 heavy (non-hydrogen) atoms. The summed E-state index contributed by atoms with van der Waals surface area (Å²) >= 11 is 3.38. The molecule has 2 aromatic carbocycles. The third kappa shape index (κ3) is 3.11. The van der Waals surface area contributed by atoms with Gasteiger partial charge in [0.05, 0.1) is 23.5 Å². The first-order valence-corrected chi connectivity index (χ1v) is 10.3. The molecule has 156 valence electrons. The van der Waals surface area contributed by atoms with Crippen molar-refractivity contribution < 1.29 is 23.5 Å². The molecule has 0 saturated heterocycles. The number of nitriles is 1. The van der Waals surface area contributed by atoms with Gasteiger partial charge in [0.15, 0.2) is 11.5 Å². The molecule has 4 aromatic rings. The second-order valence-corrected chi connectivity index (χ2v) is 8.05. The van der Waals surface area contributed by atoms with Gasteiger partial charge in [-0.2, -0.15) is 5.26 Å². The molecule has 8 heteroatoms. The van der Waals surface area contributed by atoms with E-state index in [-0.39, 0.29) is 11.3 Å². The van der Waals surface area contributed by atoms with Crippen molar-refractivity contribution in [3.05, 3.63) is 99.8 Å². The molecule has 3 heterocycles. The fourth-order valence-corrected chi connectivity index (χ4v) is 4.15. The topological polar surface area (TPSA) is 108 Å². The van der Waals surface area contributed by atoms with Crippen molar-refractivity contribution >= 4 is 44.3 Å². The smallest absolute Gasteiger partial charge is 0.294 e. The van der Waals surface area contributed by atoms with Crippen LogP contribution in [0.4, 0.5) is 5.69 Å². The average Bonchev–Trinajstić information content (AvgIpc) is 3.52. The fourth-order valence-electron chi connectivity index (χ4n) is 3.77. The van der Waals surface area contributed by atoms with E-state index >= 15 is 0 Å². The lowest BCUT2D eigenvalue weighted by Gasteiger charge is -2.24. The van der Waals surface area contributed by atoms with Gasteiger partial charge in [-0.15, -0.1) is 0 Å². The van der Waals surface area contributed by atoms with E-state index in [4.69, 9.17) is 14.1 Å². The maximum absolute atomic E-state index is 13.5. The number of ketones is 1. The molecule has 1 unspecified atom stereocenters. The zero-order valence-electron chi connectivity index (χ0n) is 16.3. The van der Waals surface area contributed by atoms with Crippen LogP contribution < -0.4 is 4.90 Å². The molecule has 0 fully saturated rings. The van der Waals surface area contributed by atoms with Gasteiger partial charge in [-0.25, -0.2) is 0 Å². The monoisotopic (exact) mass is 488 g/mol. The third-order valence-electron chi connectivity index (χ3n) is 5.24. The molecular formula is C24H13BrN2O5. The van der Waals surface area contributed by atoms with Gasteiger partial charge in [0.2, 0.25) is 5.78 Å². The highest BCUT2D eigenvalue weighted by molar-refractivity contribution is 9.10. The van der Waals surface area contributed by atoms with Crippen LogP contribution in [0.25, 0.3) is 11.0 Å². The Labute approximate surface area is 189 Å². The van der Waals surface area contributed by atoms with Gasteiger partial charge in [-0.1, -0.05) is 15.9 Å². The van der Waals surface area contributed by atoms with Crippen molar-refractivity contribution in [1.29, 1.82) is 5.26 Å². The number of furan rings is 2. The number of hydrogen-bond acceptors (Lipinski definition) is 6. The molecule has 0 saturated carbocycles. The molecule has 0 bridgehead atoms. The summed E-state index contributed by atoms with van der Waals surface area (Å²) in [7, 11) is 0. The molecule has 1 N–H and O–H groups in total. The first-order valence-electron chi connectivity index (χ1n) is 9.52. The number of benzene rings is 2. The highest BCUT2D eigenvalue weighted by Crippen LogP contribution is 2.42. The third-order valence-corrected chi connectivity index (χ3v) is 5.74. The molecule has 1 aliphatic heterocycles. The van der Waals surface area contributed by atoms with Crippen LogP contribution in [-0.2, 0) is 4.79 Å². The van der Waals surface area contributed by atoms with E-state index in [2.05, 4.69) is 15.9 Å². The summed E-state index contributed by atoms with van der Waals surface area (Å²) in [6.07, 6.45) is 1.42. The van der Waals surface area contributed by atoms with Crippen LogP contribution >= 0.6 is 15.9 Å². The van der Waals surface area contributed by atoms with Crippen LogP contribution in [-0.4, -0.2) is 16.8 Å². The Morgan fingerprint density at radius 2 is 1.91 bits per heavy atom. The van der Waals surface area contributed by atoms with Crippen LogP contribution in [0.15, 0.2) is 91.6 Å². The van der Waals surface area contributed by atoms with Gasteiger partial charge in [0.1, 0.15) is 17.4 Å². The van der Waals surface area contributed by atoms with Crippen molar-refractivity contribution in [2.24, 2.45) is 0 Å². The largest absolute Gasteiger partial charge is 0.503 e. The molecular weight excluding hydrogens is 476 g/mol. The van der Waals surface area contributed by atoms with Crippen LogP contribution in [0.2, 0.25) is 0 Å². The SMILES string of the molecule is N#Cc1ccc(N2C(=O)C(O)=C(C(=O)c3cc4cc(Br)ccc4o3)C2c2ccco2)cc1. The molecule has 5 rings (SSSR count). The minimum absolute atomic E-state index is 0.00863. The Bertz CT molecular complexity index is 1440. The number of aliphatic hydroxyl groups excluding tert-OH is 1. The van der Waals surface area contributed by atoms with Gasteiger partial charge in [-0.3, -0.25) is 14.5 Å². The molecule has 7 nitrogen and oxygen atoms in total. The minimum atomic E-state index is -1.00. The molecule has 1 amide bonds. The van der Waals surface area contributed by atoms with E-state index in [1.165, 1.54) is 11.2 Å². The van der Waals surface area contributed by atoms with E-state index in [1.54, 1.807) is 60.7 Å². The van der Waals surface area contributed by atoms with E-state index in [0.29, 0.717) is 28.0 Å². The first kappa shape index (κ1) is 19.8. The second-order valence-electron chi connectivity index (χ2n) is 7.14. The van der Waals surface area contributed by atoms with Crippen LogP contribution in [0.3, 0.4) is 0 Å². The van der Waals surface area contributed by atoms with Crippen molar-refractivity contribution in [2.75, 3.05) is 4.90 Å². The number of halogens is 1. The molecule has 0 aliphatic carbocycles. The summed E-state index contributed by atoms with van der Waals surface area (Å²) in [6.45, 7) is 0. The Morgan fingerprint density at radius 1 is 1.12 bits per heavy atom. The Hall–Kier alpha value is -4.09. The zero-order chi connectivity index (χ0) is 22.4. The van der Waals surface area contributed by atoms with Crippen molar-refractivity contribution in [2.45, 2.75) is 6.04 Å². The standard InChI is InChI=1S/C24H13BrN2O5/c25-15-5-8-17-14(10-15)11-19(32-17)22(28)20-21(18-2-1-9-31-18)27(24(30)23(20)29)16-6-3-13(12-26)4-7-16/h1-11,21,29H. The predicted molar refractivity (Wildman–Crippen MR) is 118 cm³/mol. The maximum Gasteiger partial charge on any atom is 0.294 e. The quantitative estimate of drug-likeness (QED) is 0.383. The molecule has 0 spiro atoms. The van der Waals surface area contributed by atoms with E-state index in [1.807, 2.05) is 6.07 Å². The van der Waals surface area contributed by atoms with E-state index in [0.717, 1.165) is 4.47 Å². The Kier molecular flexibility index (Phi) is 4.68. The van der Waals surface area contributed by atoms with Crippen molar-refractivity contribution in [3.8, 4) is 6.07 Å². The number of nitrogens with zero attached hydrogens (tertiary/aromatic N) is 2. The number of rotatable bonds is 4. The lowest BCUT2D eigenvalue weighted by molar-refractivity contribution is -0.117. The number of aliphatic hydroxyl groups is 1. The maximum atomic E-state index is 13.5. The number of hydrogen-bond donors (Lipinski definition) is 1. The van der Waals surface area contributed by atoms with Crippen LogP contribution in [0, 0.1) is 11.3 Å². The van der Waals surface area contributed by atoms with Crippen LogP contribution in [0.5, 0.6) is 0 Å². The predicted octanol–water partition coefficient (Wildman–Crippen LogP) is 5.44. The summed E-state index contributed by atoms with van der Waals surface area (Å²) < 4.78 is 12.0. The summed E-state index contributed by atoms with van der Waals surface area (Å²) in [4.78, 5) is 27.8. The van der Waals surface area contributed by atoms with Crippen molar-refractivity contribution in [3.63, 3.8) is 0 Å². The van der Waals surface area contributed by atoms with Gasteiger partial charge in [-0.05, 0) is 60.7 Å². The van der Waals surface area contributed by atoms with Gasteiger partial charge >= 0.3 is 0 Å². The second kappa shape index (κ2) is 7.55. The lowest BCUT2D eigenvalue weighted by atomic mass is 9.99. The molecule has 2 aromatic heterocycles. The normalized spacial score (nSPS) is 16.1. The summed E-state index contributed by atoms with van der Waals surface area (Å²) in [5.41, 5.74) is 1.17. The summed E-state index contributed by atoms with van der Waals surface area (Å²) in [5, 5.41) is 20.5. The number of amides is 1. The fraction of sp³-hybridized carbons (Fsp3) is 0.0417. The highest BCUT2D eigenvalue weighted by Gasteiger charge is 2.46. The zero-order valence-corrected chi connectivity index (χ0v) is 17.9. The Morgan fingerprint density at radius 3 is 2.59 bits per heavy atom.